The van der Waals surface area contributed by atoms with Crippen LogP contribution in [-0.2, 0) is 17.8 Å². The summed E-state index contributed by atoms with van der Waals surface area (Å²) in [6.07, 6.45) is 5.17. The number of imidazole rings is 1. The van der Waals surface area contributed by atoms with Gasteiger partial charge in [0.15, 0.2) is 5.69 Å². The molecule has 1 aliphatic heterocycles. The highest BCUT2D eigenvalue weighted by molar-refractivity contribution is 5.94. The van der Waals surface area contributed by atoms with Gasteiger partial charge >= 0.3 is 0 Å². The molecule has 1 aromatic carbocycles. The van der Waals surface area contributed by atoms with Crippen molar-refractivity contribution in [1.82, 2.24) is 34.4 Å². The second-order valence-electron chi connectivity index (χ2n) is 7.77. The number of para-hydroxylation sites is 1. The Hall–Kier alpha value is -3.56. The Labute approximate surface area is 185 Å². The van der Waals surface area contributed by atoms with E-state index in [9.17, 15) is 4.79 Å². The third-order valence-corrected chi connectivity index (χ3v) is 5.71. The lowest BCUT2D eigenvalue weighted by Crippen LogP contribution is -2.41. The minimum absolute atomic E-state index is 0.0452. The highest BCUT2D eigenvalue weighted by atomic mass is 16.5. The van der Waals surface area contributed by atoms with E-state index >= 15 is 0 Å². The van der Waals surface area contributed by atoms with Crippen molar-refractivity contribution in [3.8, 4) is 5.69 Å². The van der Waals surface area contributed by atoms with E-state index in [1.807, 2.05) is 52.8 Å². The smallest absolute Gasteiger partial charge is 0.274 e. The fourth-order valence-electron chi connectivity index (χ4n) is 4.04. The zero-order chi connectivity index (χ0) is 21.9. The van der Waals surface area contributed by atoms with Gasteiger partial charge in [-0.1, -0.05) is 24.3 Å². The molecule has 5 rings (SSSR count). The number of aryl methyl sites for hydroxylation is 1. The third-order valence-electron chi connectivity index (χ3n) is 5.71. The highest BCUT2D eigenvalue weighted by Gasteiger charge is 2.25. The van der Waals surface area contributed by atoms with E-state index in [-0.39, 0.29) is 5.91 Å². The lowest BCUT2D eigenvalue weighted by atomic mass is 10.1. The van der Waals surface area contributed by atoms with Gasteiger partial charge in [0.1, 0.15) is 18.3 Å². The van der Waals surface area contributed by atoms with Crippen LogP contribution in [0, 0.1) is 6.92 Å². The molecular formula is C23H25N7O2. The summed E-state index contributed by atoms with van der Waals surface area (Å²) in [6, 6.07) is 12.0. The van der Waals surface area contributed by atoms with E-state index in [4.69, 9.17) is 9.72 Å². The third kappa shape index (κ3) is 3.88. The number of pyridine rings is 1. The maximum absolute atomic E-state index is 13.3. The summed E-state index contributed by atoms with van der Waals surface area (Å²) in [7, 11) is 0. The molecule has 0 saturated carbocycles. The molecule has 9 heteroatoms. The number of benzene rings is 1. The fraction of sp³-hybridized carbons (Fsp3) is 0.304. The van der Waals surface area contributed by atoms with Crippen molar-refractivity contribution in [2.75, 3.05) is 26.3 Å². The minimum atomic E-state index is -0.0452. The molecule has 4 heterocycles. The summed E-state index contributed by atoms with van der Waals surface area (Å²) < 4.78 is 9.17. The van der Waals surface area contributed by atoms with Crippen LogP contribution in [0.4, 0.5) is 0 Å². The second kappa shape index (κ2) is 8.89. The molecule has 0 aliphatic carbocycles. The topological polar surface area (TPSA) is 89.6 Å². The number of amides is 1. The maximum atomic E-state index is 13.3. The Morgan fingerprint density at radius 1 is 1.12 bits per heavy atom. The van der Waals surface area contributed by atoms with Crippen molar-refractivity contribution >= 4 is 11.6 Å². The number of aromatic nitrogens is 5. The molecule has 1 fully saturated rings. The summed E-state index contributed by atoms with van der Waals surface area (Å²) in [4.78, 5) is 23.9. The van der Waals surface area contributed by atoms with Crippen LogP contribution >= 0.6 is 0 Å². The number of hydrogen-bond donors (Lipinski definition) is 1. The number of hydrogen-bond acceptors (Lipinski definition) is 6. The Morgan fingerprint density at radius 2 is 1.97 bits per heavy atom. The number of fused-ring (bicyclic) bond motifs is 1. The van der Waals surface area contributed by atoms with Crippen LogP contribution in [0.15, 0.2) is 55.2 Å². The van der Waals surface area contributed by atoms with Crippen molar-refractivity contribution < 1.29 is 9.53 Å². The first-order valence-electron chi connectivity index (χ1n) is 10.7. The van der Waals surface area contributed by atoms with Crippen LogP contribution in [0.1, 0.15) is 27.3 Å². The van der Waals surface area contributed by atoms with E-state index in [1.54, 1.807) is 11.0 Å². The molecule has 0 bridgehead atoms. The summed E-state index contributed by atoms with van der Waals surface area (Å²) >= 11 is 0. The van der Waals surface area contributed by atoms with Crippen LogP contribution in [0.3, 0.4) is 0 Å². The molecule has 1 saturated heterocycles. The summed E-state index contributed by atoms with van der Waals surface area (Å²) in [5, 5.41) is 7.75. The lowest BCUT2D eigenvalue weighted by molar-refractivity contribution is 0.0298. The first-order chi connectivity index (χ1) is 15.7. The standard InChI is InChI=1S/C23H25N7O2/c1-17-5-4-8-29-20(21(27-22(17)29)23(31)28-9-11-32-12-10-28)14-24-13-18-6-2-3-7-19(18)30-16-25-15-26-30/h2-8,15-16,24H,9-14H2,1H3. The molecule has 3 aromatic heterocycles. The van der Waals surface area contributed by atoms with Crippen molar-refractivity contribution in [3.63, 3.8) is 0 Å². The molecule has 1 amide bonds. The first kappa shape index (κ1) is 20.3. The van der Waals surface area contributed by atoms with E-state index in [0.717, 1.165) is 28.2 Å². The Morgan fingerprint density at radius 3 is 2.78 bits per heavy atom. The molecule has 32 heavy (non-hydrogen) atoms. The minimum Gasteiger partial charge on any atom is -0.378 e. The van der Waals surface area contributed by atoms with Gasteiger partial charge in [-0.25, -0.2) is 14.6 Å². The highest BCUT2D eigenvalue weighted by Crippen LogP contribution is 2.19. The van der Waals surface area contributed by atoms with Gasteiger partial charge in [0.2, 0.25) is 0 Å². The fourth-order valence-corrected chi connectivity index (χ4v) is 4.04. The van der Waals surface area contributed by atoms with E-state index in [1.165, 1.54) is 6.33 Å². The number of carbonyl (C=O) groups is 1. The van der Waals surface area contributed by atoms with Crippen molar-refractivity contribution in [3.05, 3.63) is 77.8 Å². The predicted molar refractivity (Wildman–Crippen MR) is 119 cm³/mol. The molecule has 0 unspecified atom stereocenters. The quantitative estimate of drug-likeness (QED) is 0.502. The van der Waals surface area contributed by atoms with Crippen LogP contribution in [0.5, 0.6) is 0 Å². The van der Waals surface area contributed by atoms with Crippen molar-refractivity contribution in [2.45, 2.75) is 20.0 Å². The van der Waals surface area contributed by atoms with Crippen molar-refractivity contribution in [1.29, 1.82) is 0 Å². The molecular weight excluding hydrogens is 406 g/mol. The number of nitrogens with zero attached hydrogens (tertiary/aromatic N) is 6. The summed E-state index contributed by atoms with van der Waals surface area (Å²) in [6.45, 7) is 5.42. The molecule has 0 spiro atoms. The Bertz CT molecular complexity index is 1230. The SMILES string of the molecule is Cc1cccn2c(CNCc3ccccc3-n3cncn3)c(C(=O)N3CCOCC3)nc12. The second-order valence-corrected chi connectivity index (χ2v) is 7.77. The van der Waals surface area contributed by atoms with Crippen molar-refractivity contribution in [2.24, 2.45) is 0 Å². The molecule has 0 radical (unpaired) electrons. The van der Waals surface area contributed by atoms with Gasteiger partial charge in [-0.2, -0.15) is 5.10 Å². The number of morpholine rings is 1. The predicted octanol–water partition coefficient (Wildman–Crippen LogP) is 1.99. The van der Waals surface area contributed by atoms with Crippen LogP contribution < -0.4 is 5.32 Å². The van der Waals surface area contributed by atoms with E-state index in [0.29, 0.717) is 45.1 Å². The molecule has 164 valence electrons. The van der Waals surface area contributed by atoms with Gasteiger partial charge in [0.25, 0.3) is 5.91 Å². The molecule has 9 nitrogen and oxygen atoms in total. The number of carbonyl (C=O) groups excluding carboxylic acids is 1. The van der Waals surface area contributed by atoms with Gasteiger partial charge in [-0.15, -0.1) is 0 Å². The molecule has 1 aliphatic rings. The summed E-state index contributed by atoms with van der Waals surface area (Å²) in [5.41, 5.74) is 5.26. The zero-order valence-corrected chi connectivity index (χ0v) is 17.9. The average Bonchev–Trinajstić information content (AvgIpc) is 3.49. The number of ether oxygens (including phenoxy) is 1. The van der Waals surface area contributed by atoms with Crippen LogP contribution in [-0.4, -0.2) is 61.3 Å². The van der Waals surface area contributed by atoms with E-state index in [2.05, 4.69) is 21.5 Å². The van der Waals surface area contributed by atoms with Gasteiger partial charge in [-0.3, -0.25) is 4.79 Å². The average molecular weight is 432 g/mol. The lowest BCUT2D eigenvalue weighted by Gasteiger charge is -2.26. The van der Waals surface area contributed by atoms with Gasteiger partial charge in [-0.05, 0) is 30.2 Å². The first-order valence-corrected chi connectivity index (χ1v) is 10.7. The largest absolute Gasteiger partial charge is 0.378 e. The van der Waals surface area contributed by atoms with Crippen LogP contribution in [0.25, 0.3) is 11.3 Å². The maximum Gasteiger partial charge on any atom is 0.274 e. The van der Waals surface area contributed by atoms with Gasteiger partial charge in [0, 0.05) is 32.4 Å². The number of nitrogens with one attached hydrogen (secondary N) is 1. The van der Waals surface area contributed by atoms with E-state index < -0.39 is 0 Å². The monoisotopic (exact) mass is 431 g/mol. The Kier molecular flexibility index (Phi) is 5.66. The van der Waals surface area contributed by atoms with Gasteiger partial charge < -0.3 is 19.4 Å². The summed E-state index contributed by atoms with van der Waals surface area (Å²) in [5.74, 6) is -0.0452. The molecule has 4 aromatic rings. The Balaban J connectivity index is 1.42. The normalized spacial score (nSPS) is 14.2. The van der Waals surface area contributed by atoms with Gasteiger partial charge in [0.05, 0.1) is 24.6 Å². The van der Waals surface area contributed by atoms with Crippen LogP contribution in [0.2, 0.25) is 0 Å². The molecule has 1 N–H and O–H groups in total. The molecule has 0 atom stereocenters. The zero-order valence-electron chi connectivity index (χ0n) is 17.9. The number of rotatable bonds is 6.